The van der Waals surface area contributed by atoms with E-state index in [9.17, 15) is 5.11 Å². The Morgan fingerprint density at radius 3 is 3.11 bits per heavy atom. The van der Waals surface area contributed by atoms with Gasteiger partial charge in [-0.25, -0.2) is 9.97 Å². The summed E-state index contributed by atoms with van der Waals surface area (Å²) in [6.07, 6.45) is 3.73. The van der Waals surface area contributed by atoms with Gasteiger partial charge >= 0.3 is 0 Å². The predicted molar refractivity (Wildman–Crippen MR) is 74.2 cm³/mol. The molecule has 2 N–H and O–H groups in total. The third kappa shape index (κ3) is 2.45. The van der Waals surface area contributed by atoms with E-state index in [0.29, 0.717) is 6.42 Å². The maximum absolute atomic E-state index is 9.17. The van der Waals surface area contributed by atoms with Crippen molar-refractivity contribution < 1.29 is 9.52 Å². The van der Waals surface area contributed by atoms with Crippen LogP contribution in [0.5, 0.6) is 0 Å². The molecule has 0 amide bonds. The van der Waals surface area contributed by atoms with Gasteiger partial charge < -0.3 is 14.8 Å². The Bertz CT molecular complexity index is 651. The number of rotatable bonds is 5. The fourth-order valence-corrected chi connectivity index (χ4v) is 2.71. The molecule has 1 atom stereocenters. The van der Waals surface area contributed by atoms with Gasteiger partial charge in [-0.05, 0) is 30.0 Å². The predicted octanol–water partition coefficient (Wildman–Crippen LogP) is 2.82. The van der Waals surface area contributed by atoms with Crippen LogP contribution in [-0.2, 0) is 0 Å². The first-order valence-corrected chi connectivity index (χ1v) is 6.85. The normalized spacial score (nSPS) is 12.7. The second-order valence-electron chi connectivity index (χ2n) is 4.09. The summed E-state index contributed by atoms with van der Waals surface area (Å²) in [6, 6.07) is 5.61. The Kier molecular flexibility index (Phi) is 3.43. The highest BCUT2D eigenvalue weighted by atomic mass is 32.1. The van der Waals surface area contributed by atoms with Gasteiger partial charge in [0.05, 0.1) is 17.7 Å². The Morgan fingerprint density at radius 2 is 2.32 bits per heavy atom. The largest absolute Gasteiger partial charge is 0.467 e. The van der Waals surface area contributed by atoms with Crippen LogP contribution in [0, 0.1) is 0 Å². The van der Waals surface area contributed by atoms with Gasteiger partial charge in [0.2, 0.25) is 0 Å². The van der Waals surface area contributed by atoms with Crippen LogP contribution < -0.4 is 5.32 Å². The molecule has 19 heavy (non-hydrogen) atoms. The molecule has 98 valence electrons. The van der Waals surface area contributed by atoms with E-state index in [-0.39, 0.29) is 12.6 Å². The van der Waals surface area contributed by atoms with Crippen molar-refractivity contribution in [1.29, 1.82) is 0 Å². The highest BCUT2D eigenvalue weighted by Gasteiger charge is 2.16. The average Bonchev–Trinajstić information content (AvgIpc) is 3.10. The number of aliphatic hydroxyl groups excluding tert-OH is 1. The fraction of sp³-hybridized carbons (Fsp3) is 0.231. The van der Waals surface area contributed by atoms with Crippen LogP contribution in [-0.4, -0.2) is 21.7 Å². The highest BCUT2D eigenvalue weighted by molar-refractivity contribution is 7.16. The molecule has 0 spiro atoms. The molecule has 0 aliphatic heterocycles. The molecule has 0 bridgehead atoms. The van der Waals surface area contributed by atoms with Crippen LogP contribution in [0.25, 0.3) is 10.2 Å². The molecule has 6 heteroatoms. The lowest BCUT2D eigenvalue weighted by molar-refractivity contribution is 0.273. The maximum Gasteiger partial charge on any atom is 0.138 e. The maximum atomic E-state index is 9.17. The topological polar surface area (TPSA) is 71.2 Å². The molecule has 3 heterocycles. The van der Waals surface area contributed by atoms with E-state index in [1.54, 1.807) is 23.9 Å². The van der Waals surface area contributed by atoms with Gasteiger partial charge in [-0.3, -0.25) is 0 Å². The Hall–Kier alpha value is -1.92. The van der Waals surface area contributed by atoms with Gasteiger partial charge in [0.25, 0.3) is 0 Å². The average molecular weight is 275 g/mol. The minimum Gasteiger partial charge on any atom is -0.467 e. The molecule has 3 aromatic heterocycles. The Labute approximate surface area is 113 Å². The van der Waals surface area contributed by atoms with E-state index in [2.05, 4.69) is 15.3 Å². The van der Waals surface area contributed by atoms with Gasteiger partial charge in [0, 0.05) is 6.61 Å². The molecular formula is C13H13N3O2S. The number of furan rings is 1. The zero-order valence-electron chi connectivity index (χ0n) is 10.1. The number of fused-ring (bicyclic) bond motifs is 1. The number of anilines is 1. The third-order valence-corrected chi connectivity index (χ3v) is 3.70. The lowest BCUT2D eigenvalue weighted by Crippen LogP contribution is -2.13. The van der Waals surface area contributed by atoms with Gasteiger partial charge in [-0.2, -0.15) is 0 Å². The van der Waals surface area contributed by atoms with Crippen molar-refractivity contribution in [2.75, 3.05) is 11.9 Å². The van der Waals surface area contributed by atoms with Crippen molar-refractivity contribution in [3.8, 4) is 0 Å². The van der Waals surface area contributed by atoms with Crippen molar-refractivity contribution in [3.05, 3.63) is 41.9 Å². The summed E-state index contributed by atoms with van der Waals surface area (Å²) in [5.74, 6) is 1.55. The Balaban J connectivity index is 1.91. The van der Waals surface area contributed by atoms with E-state index < -0.39 is 0 Å². The van der Waals surface area contributed by atoms with Crippen LogP contribution in [0.1, 0.15) is 18.2 Å². The van der Waals surface area contributed by atoms with Crippen molar-refractivity contribution in [3.63, 3.8) is 0 Å². The molecule has 0 saturated carbocycles. The lowest BCUT2D eigenvalue weighted by atomic mass is 10.1. The van der Waals surface area contributed by atoms with Gasteiger partial charge in [0.1, 0.15) is 22.7 Å². The van der Waals surface area contributed by atoms with Crippen molar-refractivity contribution >= 4 is 27.4 Å². The van der Waals surface area contributed by atoms with E-state index >= 15 is 0 Å². The van der Waals surface area contributed by atoms with Crippen molar-refractivity contribution in [2.24, 2.45) is 0 Å². The molecular weight excluding hydrogens is 262 g/mol. The number of hydrogen-bond donors (Lipinski definition) is 2. The van der Waals surface area contributed by atoms with Crippen LogP contribution in [0.4, 0.5) is 5.82 Å². The standard InChI is InChI=1S/C13H13N3O2S/c17-5-3-10(11-2-1-6-18-11)16-12-9-4-7-19-13(9)15-8-14-12/h1-2,4,6-8,10,17H,3,5H2,(H,14,15,16). The second-order valence-corrected chi connectivity index (χ2v) is 4.98. The monoisotopic (exact) mass is 275 g/mol. The van der Waals surface area contributed by atoms with E-state index in [1.807, 2.05) is 23.6 Å². The number of nitrogens with zero attached hydrogens (tertiary/aromatic N) is 2. The first-order chi connectivity index (χ1) is 9.38. The Morgan fingerprint density at radius 1 is 1.37 bits per heavy atom. The summed E-state index contributed by atoms with van der Waals surface area (Å²) in [5, 5.41) is 15.5. The first-order valence-electron chi connectivity index (χ1n) is 5.97. The number of aromatic nitrogens is 2. The fourth-order valence-electron chi connectivity index (χ4n) is 1.97. The number of nitrogens with one attached hydrogen (secondary N) is 1. The summed E-state index contributed by atoms with van der Waals surface area (Å²) in [4.78, 5) is 9.43. The van der Waals surface area contributed by atoms with E-state index in [4.69, 9.17) is 4.42 Å². The minimum absolute atomic E-state index is 0.0796. The van der Waals surface area contributed by atoms with E-state index in [0.717, 1.165) is 21.8 Å². The summed E-state index contributed by atoms with van der Waals surface area (Å²) < 4.78 is 5.40. The SMILES string of the molecule is OCCC(Nc1ncnc2sccc12)c1ccco1. The smallest absolute Gasteiger partial charge is 0.138 e. The summed E-state index contributed by atoms with van der Waals surface area (Å²) >= 11 is 1.58. The molecule has 0 aromatic carbocycles. The summed E-state index contributed by atoms with van der Waals surface area (Å²) in [6.45, 7) is 0.0796. The number of thiophene rings is 1. The lowest BCUT2D eigenvalue weighted by Gasteiger charge is -2.16. The molecule has 0 saturated heterocycles. The van der Waals surface area contributed by atoms with Crippen LogP contribution in [0.15, 0.2) is 40.6 Å². The third-order valence-electron chi connectivity index (χ3n) is 2.88. The number of hydrogen-bond acceptors (Lipinski definition) is 6. The zero-order chi connectivity index (χ0) is 13.1. The number of aliphatic hydroxyl groups is 1. The second kappa shape index (κ2) is 5.38. The highest BCUT2D eigenvalue weighted by Crippen LogP contribution is 2.28. The molecule has 3 rings (SSSR count). The molecule has 1 unspecified atom stereocenters. The van der Waals surface area contributed by atoms with Crippen LogP contribution >= 0.6 is 11.3 Å². The summed E-state index contributed by atoms with van der Waals surface area (Å²) in [5.41, 5.74) is 0. The van der Waals surface area contributed by atoms with Crippen molar-refractivity contribution in [1.82, 2.24) is 9.97 Å². The van der Waals surface area contributed by atoms with Crippen molar-refractivity contribution in [2.45, 2.75) is 12.5 Å². The van der Waals surface area contributed by atoms with Gasteiger partial charge in [0.15, 0.2) is 0 Å². The van der Waals surface area contributed by atoms with Gasteiger partial charge in [-0.15, -0.1) is 11.3 Å². The quantitative estimate of drug-likeness (QED) is 0.749. The summed E-state index contributed by atoms with van der Waals surface area (Å²) in [7, 11) is 0. The van der Waals surface area contributed by atoms with Crippen LogP contribution in [0.3, 0.4) is 0 Å². The first kappa shape index (κ1) is 12.1. The van der Waals surface area contributed by atoms with E-state index in [1.165, 1.54) is 0 Å². The molecule has 3 aromatic rings. The molecule has 0 radical (unpaired) electrons. The molecule has 0 aliphatic rings. The van der Waals surface area contributed by atoms with Gasteiger partial charge in [-0.1, -0.05) is 0 Å². The molecule has 5 nitrogen and oxygen atoms in total. The minimum atomic E-state index is -0.0991. The zero-order valence-corrected chi connectivity index (χ0v) is 10.9. The molecule has 0 aliphatic carbocycles. The molecule has 0 fully saturated rings. The van der Waals surface area contributed by atoms with Crippen LogP contribution in [0.2, 0.25) is 0 Å².